The molecule has 1 aliphatic carbocycles. The summed E-state index contributed by atoms with van der Waals surface area (Å²) in [4.78, 5) is 32.2. The lowest BCUT2D eigenvalue weighted by atomic mass is 9.86. The van der Waals surface area contributed by atoms with Gasteiger partial charge in [0.1, 0.15) is 0 Å². The second-order valence-electron chi connectivity index (χ2n) is 4.18. The number of hydrogen-bond donors (Lipinski definition) is 4. The molecule has 1 fully saturated rings. The van der Waals surface area contributed by atoms with Crippen LogP contribution in [0.5, 0.6) is 0 Å². The molecule has 0 aliphatic heterocycles. The molecular weight excluding hydrogens is 226 g/mol. The van der Waals surface area contributed by atoms with E-state index in [-0.39, 0.29) is 18.5 Å². The summed E-state index contributed by atoms with van der Waals surface area (Å²) in [7, 11) is 0. The van der Waals surface area contributed by atoms with Gasteiger partial charge in [0.2, 0.25) is 5.91 Å². The molecule has 7 heteroatoms. The molecule has 0 unspecified atom stereocenters. The predicted molar refractivity (Wildman–Crippen MR) is 59.1 cm³/mol. The molecule has 1 saturated carbocycles. The standard InChI is InChI=1S/C10H17N3O4/c11-10(17)13-8(14)5-12-7-3-1-6(2-4-7)9(15)16/h6-7,12H,1-5H2,(H,15,16)(H3,11,13,14,17). The highest BCUT2D eigenvalue weighted by Crippen LogP contribution is 2.24. The van der Waals surface area contributed by atoms with Crippen LogP contribution in [0.15, 0.2) is 0 Å². The second kappa shape index (κ2) is 6.19. The zero-order valence-electron chi connectivity index (χ0n) is 9.44. The summed E-state index contributed by atoms with van der Waals surface area (Å²) in [6, 6.07) is -0.740. The zero-order chi connectivity index (χ0) is 12.8. The van der Waals surface area contributed by atoms with Crippen LogP contribution in [0.2, 0.25) is 0 Å². The van der Waals surface area contributed by atoms with Gasteiger partial charge in [-0.25, -0.2) is 4.79 Å². The molecule has 1 aliphatic rings. The molecule has 0 atom stereocenters. The summed E-state index contributed by atoms with van der Waals surface area (Å²) in [5.41, 5.74) is 4.79. The number of carbonyl (C=O) groups excluding carboxylic acids is 2. The van der Waals surface area contributed by atoms with Crippen molar-refractivity contribution in [3.63, 3.8) is 0 Å². The van der Waals surface area contributed by atoms with Crippen LogP contribution < -0.4 is 16.4 Å². The van der Waals surface area contributed by atoms with E-state index in [0.717, 1.165) is 12.8 Å². The van der Waals surface area contributed by atoms with Crippen molar-refractivity contribution >= 4 is 17.9 Å². The van der Waals surface area contributed by atoms with E-state index in [9.17, 15) is 14.4 Å². The molecule has 1 rings (SSSR count). The quantitative estimate of drug-likeness (QED) is 0.526. The number of urea groups is 1. The maximum Gasteiger partial charge on any atom is 0.318 e. The van der Waals surface area contributed by atoms with Gasteiger partial charge in [0, 0.05) is 6.04 Å². The highest BCUT2D eigenvalue weighted by atomic mass is 16.4. The molecule has 0 saturated heterocycles. The molecule has 0 spiro atoms. The van der Waals surface area contributed by atoms with Gasteiger partial charge in [0.05, 0.1) is 12.5 Å². The summed E-state index contributed by atoms with van der Waals surface area (Å²) >= 11 is 0. The van der Waals surface area contributed by atoms with Gasteiger partial charge in [0.15, 0.2) is 0 Å². The summed E-state index contributed by atoms with van der Waals surface area (Å²) in [5.74, 6) is -1.50. The average Bonchev–Trinajstić information content (AvgIpc) is 2.26. The molecule has 0 aromatic heterocycles. The Morgan fingerprint density at radius 3 is 2.24 bits per heavy atom. The first-order valence-corrected chi connectivity index (χ1v) is 5.54. The molecule has 0 heterocycles. The van der Waals surface area contributed by atoms with E-state index < -0.39 is 17.9 Å². The SMILES string of the molecule is NC(=O)NC(=O)CNC1CCC(C(=O)O)CC1. The number of amides is 3. The van der Waals surface area contributed by atoms with E-state index in [0.29, 0.717) is 12.8 Å². The van der Waals surface area contributed by atoms with Crippen LogP contribution in [-0.2, 0) is 9.59 Å². The number of nitrogens with one attached hydrogen (secondary N) is 2. The molecule has 0 aromatic carbocycles. The van der Waals surface area contributed by atoms with Crippen LogP contribution in [-0.4, -0.2) is 35.6 Å². The van der Waals surface area contributed by atoms with Crippen LogP contribution in [0.25, 0.3) is 0 Å². The number of nitrogens with two attached hydrogens (primary N) is 1. The van der Waals surface area contributed by atoms with Crippen molar-refractivity contribution in [2.24, 2.45) is 11.7 Å². The molecule has 0 radical (unpaired) electrons. The average molecular weight is 243 g/mol. The lowest BCUT2D eigenvalue weighted by Crippen LogP contribution is -2.44. The molecule has 0 bridgehead atoms. The number of carbonyl (C=O) groups is 3. The van der Waals surface area contributed by atoms with Gasteiger partial charge in [-0.3, -0.25) is 14.9 Å². The van der Waals surface area contributed by atoms with Crippen LogP contribution >= 0.6 is 0 Å². The zero-order valence-corrected chi connectivity index (χ0v) is 9.44. The third-order valence-corrected chi connectivity index (χ3v) is 2.89. The van der Waals surface area contributed by atoms with Crippen LogP contribution in [0, 0.1) is 5.92 Å². The maximum atomic E-state index is 11.1. The summed E-state index contributed by atoms with van der Waals surface area (Å²) in [5, 5.41) is 13.7. The van der Waals surface area contributed by atoms with Gasteiger partial charge in [-0.15, -0.1) is 0 Å². The number of aliphatic carboxylic acids is 1. The van der Waals surface area contributed by atoms with Crippen LogP contribution in [0.1, 0.15) is 25.7 Å². The van der Waals surface area contributed by atoms with E-state index in [4.69, 9.17) is 10.8 Å². The molecule has 5 N–H and O–H groups in total. The normalized spacial score (nSPS) is 24.0. The third-order valence-electron chi connectivity index (χ3n) is 2.89. The maximum absolute atomic E-state index is 11.1. The minimum atomic E-state index is -0.869. The van der Waals surface area contributed by atoms with Crippen molar-refractivity contribution in [2.75, 3.05) is 6.54 Å². The van der Waals surface area contributed by atoms with Crippen molar-refractivity contribution in [2.45, 2.75) is 31.7 Å². The smallest absolute Gasteiger partial charge is 0.318 e. The Kier molecular flexibility index (Phi) is 4.89. The Hall–Kier alpha value is -1.63. The Labute approximate surface area is 98.7 Å². The van der Waals surface area contributed by atoms with E-state index in [1.54, 1.807) is 0 Å². The molecule has 3 amide bonds. The fraction of sp³-hybridized carbons (Fsp3) is 0.700. The van der Waals surface area contributed by atoms with Crippen molar-refractivity contribution in [3.8, 4) is 0 Å². The van der Waals surface area contributed by atoms with E-state index >= 15 is 0 Å². The highest BCUT2D eigenvalue weighted by Gasteiger charge is 2.25. The largest absolute Gasteiger partial charge is 0.481 e. The van der Waals surface area contributed by atoms with E-state index in [1.165, 1.54) is 0 Å². The summed E-state index contributed by atoms with van der Waals surface area (Å²) in [6.07, 6.45) is 2.68. The van der Waals surface area contributed by atoms with Crippen LogP contribution in [0.3, 0.4) is 0 Å². The monoisotopic (exact) mass is 243 g/mol. The topological polar surface area (TPSA) is 122 Å². The lowest BCUT2D eigenvalue weighted by molar-refractivity contribution is -0.143. The van der Waals surface area contributed by atoms with Crippen molar-refractivity contribution in [1.82, 2.24) is 10.6 Å². The van der Waals surface area contributed by atoms with E-state index in [2.05, 4.69) is 5.32 Å². The number of carboxylic acids is 1. The number of imide groups is 1. The predicted octanol–water partition coefficient (Wildman–Crippen LogP) is -0.586. The van der Waals surface area contributed by atoms with Gasteiger partial charge in [-0.2, -0.15) is 0 Å². The first-order chi connectivity index (χ1) is 7.99. The van der Waals surface area contributed by atoms with Gasteiger partial charge in [-0.1, -0.05) is 0 Å². The fourth-order valence-corrected chi connectivity index (χ4v) is 1.96. The van der Waals surface area contributed by atoms with Gasteiger partial charge in [-0.05, 0) is 25.7 Å². The first-order valence-electron chi connectivity index (χ1n) is 5.54. The number of primary amides is 1. The number of rotatable bonds is 4. The molecule has 7 nitrogen and oxygen atoms in total. The van der Waals surface area contributed by atoms with Gasteiger partial charge in [0.25, 0.3) is 0 Å². The fourth-order valence-electron chi connectivity index (χ4n) is 1.96. The summed E-state index contributed by atoms with van der Waals surface area (Å²) < 4.78 is 0. The van der Waals surface area contributed by atoms with Crippen molar-refractivity contribution in [3.05, 3.63) is 0 Å². The Bertz CT molecular complexity index is 311. The first kappa shape index (κ1) is 13.4. The molecular formula is C10H17N3O4. The highest BCUT2D eigenvalue weighted by molar-refractivity contribution is 5.94. The Morgan fingerprint density at radius 2 is 1.76 bits per heavy atom. The summed E-state index contributed by atoms with van der Waals surface area (Å²) in [6.45, 7) is 0.0192. The Balaban J connectivity index is 2.20. The minimum Gasteiger partial charge on any atom is -0.481 e. The second-order valence-corrected chi connectivity index (χ2v) is 4.18. The molecule has 96 valence electrons. The number of hydrogen-bond acceptors (Lipinski definition) is 4. The third kappa shape index (κ3) is 4.81. The minimum absolute atomic E-state index is 0.0192. The van der Waals surface area contributed by atoms with Crippen molar-refractivity contribution in [1.29, 1.82) is 0 Å². The van der Waals surface area contributed by atoms with Gasteiger partial charge < -0.3 is 16.2 Å². The molecule has 0 aromatic rings. The van der Waals surface area contributed by atoms with Crippen LogP contribution in [0.4, 0.5) is 4.79 Å². The Morgan fingerprint density at radius 1 is 1.18 bits per heavy atom. The number of carboxylic acid groups (broad SMARTS) is 1. The van der Waals surface area contributed by atoms with E-state index in [1.807, 2.05) is 5.32 Å². The lowest BCUT2D eigenvalue weighted by Gasteiger charge is -2.26. The molecule has 17 heavy (non-hydrogen) atoms. The van der Waals surface area contributed by atoms with Gasteiger partial charge >= 0.3 is 12.0 Å². The van der Waals surface area contributed by atoms with Crippen molar-refractivity contribution < 1.29 is 19.5 Å².